The van der Waals surface area contributed by atoms with E-state index in [1.807, 2.05) is 55.6 Å². The van der Waals surface area contributed by atoms with Gasteiger partial charge in [0.15, 0.2) is 0 Å². The van der Waals surface area contributed by atoms with Gasteiger partial charge in [0.2, 0.25) is 11.8 Å². The van der Waals surface area contributed by atoms with Crippen molar-refractivity contribution in [3.63, 3.8) is 0 Å². The molecule has 0 spiro atoms. The molecule has 3 aromatic rings. The van der Waals surface area contributed by atoms with Gasteiger partial charge >= 0.3 is 0 Å². The van der Waals surface area contributed by atoms with Crippen LogP contribution in [0.15, 0.2) is 48.7 Å². The first-order valence-electron chi connectivity index (χ1n) is 9.18. The zero-order valence-electron chi connectivity index (χ0n) is 16.3. The van der Waals surface area contributed by atoms with E-state index in [4.69, 9.17) is 0 Å². The lowest BCUT2D eigenvalue weighted by atomic mass is 10.0. The van der Waals surface area contributed by atoms with Crippen LogP contribution in [0, 0.1) is 10.5 Å². The molecule has 2 aromatic carbocycles. The van der Waals surface area contributed by atoms with E-state index < -0.39 is 6.04 Å². The highest BCUT2D eigenvalue weighted by atomic mass is 127. The second kappa shape index (κ2) is 8.77. The Balaban J connectivity index is 1.80. The minimum absolute atomic E-state index is 0.134. The molecule has 6 heteroatoms. The Morgan fingerprint density at radius 1 is 1.14 bits per heavy atom. The standard InChI is InChI=1S/C22H24IN3O2/c1-14-16(7-6-9-19(14)23)12-25-22(28)21(26(3)15(2)27)11-17-13-24-20-10-5-4-8-18(17)20/h4-10,13,21,24H,11-12H2,1-3H3,(H,25,28)/t21-/m0/s1. The highest BCUT2D eigenvalue weighted by Gasteiger charge is 2.26. The van der Waals surface area contributed by atoms with Crippen molar-refractivity contribution >= 4 is 45.3 Å². The molecule has 0 unspecified atom stereocenters. The van der Waals surface area contributed by atoms with Crippen molar-refractivity contribution in [1.82, 2.24) is 15.2 Å². The van der Waals surface area contributed by atoms with Crippen LogP contribution < -0.4 is 5.32 Å². The summed E-state index contributed by atoms with van der Waals surface area (Å²) in [7, 11) is 1.68. The van der Waals surface area contributed by atoms with Gasteiger partial charge in [0.1, 0.15) is 6.04 Å². The number of amides is 2. The van der Waals surface area contributed by atoms with Gasteiger partial charge in [-0.2, -0.15) is 0 Å². The number of carbonyl (C=O) groups is 2. The van der Waals surface area contributed by atoms with Crippen LogP contribution in [0.2, 0.25) is 0 Å². The number of fused-ring (bicyclic) bond motifs is 1. The number of rotatable bonds is 6. The Bertz CT molecular complexity index is 1010. The van der Waals surface area contributed by atoms with E-state index in [1.54, 1.807) is 7.05 Å². The summed E-state index contributed by atoms with van der Waals surface area (Å²) in [5.74, 6) is -0.285. The zero-order chi connectivity index (χ0) is 20.3. The van der Waals surface area contributed by atoms with Gasteiger partial charge in [-0.05, 0) is 58.3 Å². The average molecular weight is 489 g/mol. The summed E-state index contributed by atoms with van der Waals surface area (Å²) >= 11 is 2.29. The SMILES string of the molecule is CC(=O)N(C)[C@@H](Cc1c[nH]c2ccccc12)C(=O)NCc1cccc(I)c1C. The molecule has 5 nitrogen and oxygen atoms in total. The van der Waals surface area contributed by atoms with Gasteiger partial charge in [-0.25, -0.2) is 0 Å². The van der Waals surface area contributed by atoms with Crippen molar-refractivity contribution in [2.24, 2.45) is 0 Å². The fourth-order valence-electron chi connectivity index (χ4n) is 3.28. The van der Waals surface area contributed by atoms with E-state index in [1.165, 1.54) is 15.4 Å². The molecule has 0 radical (unpaired) electrons. The van der Waals surface area contributed by atoms with Gasteiger partial charge in [0.05, 0.1) is 0 Å². The number of nitrogens with one attached hydrogen (secondary N) is 2. The summed E-state index contributed by atoms with van der Waals surface area (Å²) in [6.07, 6.45) is 2.37. The monoisotopic (exact) mass is 489 g/mol. The molecule has 3 rings (SSSR count). The average Bonchev–Trinajstić information content (AvgIpc) is 3.09. The smallest absolute Gasteiger partial charge is 0.243 e. The number of H-pyrrole nitrogens is 1. The van der Waals surface area contributed by atoms with Gasteiger partial charge in [-0.15, -0.1) is 0 Å². The van der Waals surface area contributed by atoms with E-state index in [0.717, 1.165) is 27.6 Å². The topological polar surface area (TPSA) is 65.2 Å². The van der Waals surface area contributed by atoms with Crippen LogP contribution in [0.25, 0.3) is 10.9 Å². The maximum absolute atomic E-state index is 13.0. The third-order valence-corrected chi connectivity index (χ3v) is 6.36. The van der Waals surface area contributed by atoms with Crippen molar-refractivity contribution in [2.75, 3.05) is 7.05 Å². The zero-order valence-corrected chi connectivity index (χ0v) is 18.4. The number of likely N-dealkylation sites (N-methyl/N-ethyl adjacent to an activating group) is 1. The number of nitrogens with zero attached hydrogens (tertiary/aromatic N) is 1. The van der Waals surface area contributed by atoms with Gasteiger partial charge < -0.3 is 15.2 Å². The second-order valence-electron chi connectivity index (χ2n) is 6.95. The molecule has 146 valence electrons. The van der Waals surface area contributed by atoms with Gasteiger partial charge in [-0.3, -0.25) is 9.59 Å². The van der Waals surface area contributed by atoms with Crippen LogP contribution in [0.4, 0.5) is 0 Å². The van der Waals surface area contributed by atoms with Crippen molar-refractivity contribution in [3.05, 3.63) is 68.9 Å². The molecule has 1 heterocycles. The van der Waals surface area contributed by atoms with Crippen LogP contribution in [-0.2, 0) is 22.6 Å². The first-order valence-corrected chi connectivity index (χ1v) is 10.3. The van der Waals surface area contributed by atoms with E-state index in [2.05, 4.69) is 32.9 Å². The van der Waals surface area contributed by atoms with Crippen molar-refractivity contribution in [1.29, 1.82) is 0 Å². The summed E-state index contributed by atoms with van der Waals surface area (Å²) in [6, 6.07) is 13.5. The van der Waals surface area contributed by atoms with Crippen molar-refractivity contribution < 1.29 is 9.59 Å². The fourth-order valence-corrected chi connectivity index (χ4v) is 3.83. The molecule has 2 N–H and O–H groups in total. The van der Waals surface area contributed by atoms with Crippen LogP contribution in [-0.4, -0.2) is 34.8 Å². The first-order chi connectivity index (χ1) is 13.4. The lowest BCUT2D eigenvalue weighted by Gasteiger charge is -2.26. The predicted molar refractivity (Wildman–Crippen MR) is 120 cm³/mol. The van der Waals surface area contributed by atoms with Crippen molar-refractivity contribution in [2.45, 2.75) is 32.9 Å². The molecule has 0 aliphatic heterocycles. The normalized spacial score (nSPS) is 12.0. The van der Waals surface area contributed by atoms with Crippen LogP contribution >= 0.6 is 22.6 Å². The molecule has 28 heavy (non-hydrogen) atoms. The molecule has 1 aromatic heterocycles. The number of carbonyl (C=O) groups excluding carboxylic acids is 2. The number of halogens is 1. The molecule has 1 atom stereocenters. The third-order valence-electron chi connectivity index (χ3n) is 5.19. The Kier molecular flexibility index (Phi) is 6.39. The van der Waals surface area contributed by atoms with Crippen LogP contribution in [0.5, 0.6) is 0 Å². The number of hydrogen-bond donors (Lipinski definition) is 2. The van der Waals surface area contributed by atoms with Crippen molar-refractivity contribution in [3.8, 4) is 0 Å². The van der Waals surface area contributed by atoms with Gasteiger partial charge in [0, 0.05) is 47.6 Å². The molecule has 0 bridgehead atoms. The van der Waals surface area contributed by atoms with Crippen LogP contribution in [0.1, 0.15) is 23.6 Å². The predicted octanol–water partition coefficient (Wildman–Crippen LogP) is 3.79. The minimum Gasteiger partial charge on any atom is -0.361 e. The molecule has 0 saturated heterocycles. The van der Waals surface area contributed by atoms with E-state index in [-0.39, 0.29) is 11.8 Å². The number of aromatic amines is 1. The summed E-state index contributed by atoms with van der Waals surface area (Å²) < 4.78 is 1.17. The summed E-state index contributed by atoms with van der Waals surface area (Å²) in [5, 5.41) is 4.09. The maximum atomic E-state index is 13.0. The van der Waals surface area contributed by atoms with Gasteiger partial charge in [0.25, 0.3) is 0 Å². The number of hydrogen-bond acceptors (Lipinski definition) is 2. The summed E-state index contributed by atoms with van der Waals surface area (Å²) in [5.41, 5.74) is 4.29. The minimum atomic E-state index is -0.570. The third kappa shape index (κ3) is 4.38. The fraction of sp³-hybridized carbons (Fsp3) is 0.273. The highest BCUT2D eigenvalue weighted by Crippen LogP contribution is 2.21. The van der Waals surface area contributed by atoms with E-state index in [0.29, 0.717) is 13.0 Å². The lowest BCUT2D eigenvalue weighted by molar-refractivity contribution is -0.137. The number of benzene rings is 2. The Morgan fingerprint density at radius 2 is 1.89 bits per heavy atom. The number of para-hydroxylation sites is 1. The molecule has 0 aliphatic carbocycles. The second-order valence-corrected chi connectivity index (χ2v) is 8.11. The lowest BCUT2D eigenvalue weighted by Crippen LogP contribution is -2.48. The maximum Gasteiger partial charge on any atom is 0.243 e. The molecule has 2 amide bonds. The van der Waals surface area contributed by atoms with E-state index in [9.17, 15) is 9.59 Å². The Hall–Kier alpha value is -2.35. The molecule has 0 fully saturated rings. The Labute approximate surface area is 178 Å². The highest BCUT2D eigenvalue weighted by molar-refractivity contribution is 14.1. The quantitative estimate of drug-likeness (QED) is 0.518. The van der Waals surface area contributed by atoms with Crippen LogP contribution in [0.3, 0.4) is 0 Å². The first kappa shape index (κ1) is 20.4. The molecular weight excluding hydrogens is 465 g/mol. The molecule has 0 aliphatic rings. The number of aromatic nitrogens is 1. The Morgan fingerprint density at radius 3 is 2.64 bits per heavy atom. The van der Waals surface area contributed by atoms with E-state index >= 15 is 0 Å². The van der Waals surface area contributed by atoms with Gasteiger partial charge in [-0.1, -0.05) is 30.3 Å². The summed E-state index contributed by atoms with van der Waals surface area (Å²) in [4.78, 5) is 29.7. The summed E-state index contributed by atoms with van der Waals surface area (Å²) in [6.45, 7) is 3.98. The molecule has 0 saturated carbocycles. The molecular formula is C22H24IN3O2. The largest absolute Gasteiger partial charge is 0.361 e.